The van der Waals surface area contributed by atoms with Crippen molar-refractivity contribution >= 4 is 5.97 Å². The minimum absolute atomic E-state index is 0.0716. The quantitative estimate of drug-likeness (QED) is 0.822. The van der Waals surface area contributed by atoms with E-state index >= 15 is 0 Å². The highest BCUT2D eigenvalue weighted by Crippen LogP contribution is 2.25. The van der Waals surface area contributed by atoms with Crippen LogP contribution in [0.1, 0.15) is 26.3 Å². The summed E-state index contributed by atoms with van der Waals surface area (Å²) in [5.41, 5.74) is -0.430. The number of rotatable bonds is 5. The van der Waals surface area contributed by atoms with Gasteiger partial charge in [-0.15, -0.1) is 0 Å². The first-order valence-electron chi connectivity index (χ1n) is 5.55. The summed E-state index contributed by atoms with van der Waals surface area (Å²) in [5, 5.41) is 12.5. The second kappa shape index (κ2) is 5.19. The van der Waals surface area contributed by atoms with Crippen molar-refractivity contribution in [2.75, 3.05) is 7.11 Å². The van der Waals surface area contributed by atoms with Crippen LogP contribution in [-0.2, 0) is 10.3 Å². The molecule has 0 amide bonds. The van der Waals surface area contributed by atoms with Crippen molar-refractivity contribution in [3.63, 3.8) is 0 Å². The van der Waals surface area contributed by atoms with Gasteiger partial charge >= 0.3 is 5.97 Å². The smallest absolute Gasteiger partial charge is 0.328 e. The Bertz CT molecular complexity index is 403. The Labute approximate surface area is 102 Å². The third-order valence-electron chi connectivity index (χ3n) is 2.65. The van der Waals surface area contributed by atoms with Gasteiger partial charge in [-0.25, -0.2) is 4.79 Å². The van der Waals surface area contributed by atoms with E-state index in [1.807, 2.05) is 13.8 Å². The summed E-state index contributed by atoms with van der Waals surface area (Å²) in [6.45, 7) is 5.49. The van der Waals surface area contributed by atoms with E-state index in [-0.39, 0.29) is 6.04 Å². The van der Waals surface area contributed by atoms with E-state index in [0.29, 0.717) is 11.3 Å². The maximum absolute atomic E-state index is 11.5. The summed E-state index contributed by atoms with van der Waals surface area (Å²) in [7, 11) is 1.56. The van der Waals surface area contributed by atoms with Crippen molar-refractivity contribution in [2.24, 2.45) is 0 Å². The number of carboxylic acid groups (broad SMARTS) is 1. The lowest BCUT2D eigenvalue weighted by molar-refractivity contribution is -0.144. The number of carboxylic acids is 1. The summed E-state index contributed by atoms with van der Waals surface area (Å²) in [4.78, 5) is 11.5. The molecule has 0 aliphatic heterocycles. The zero-order valence-electron chi connectivity index (χ0n) is 10.7. The van der Waals surface area contributed by atoms with Crippen LogP contribution in [0.25, 0.3) is 0 Å². The molecule has 0 aromatic heterocycles. The van der Waals surface area contributed by atoms with Gasteiger partial charge in [-0.2, -0.15) is 0 Å². The number of carbonyl (C=O) groups is 1. The minimum atomic E-state index is -1.11. The van der Waals surface area contributed by atoms with Crippen LogP contribution in [0.2, 0.25) is 0 Å². The highest BCUT2D eigenvalue weighted by Gasteiger charge is 2.35. The molecule has 1 aromatic carbocycles. The van der Waals surface area contributed by atoms with Crippen LogP contribution < -0.4 is 10.1 Å². The highest BCUT2D eigenvalue weighted by atomic mass is 16.5. The Balaban J connectivity index is 3.17. The van der Waals surface area contributed by atoms with Gasteiger partial charge in [0.25, 0.3) is 0 Å². The lowest BCUT2D eigenvalue weighted by atomic mass is 9.91. The van der Waals surface area contributed by atoms with E-state index < -0.39 is 11.5 Å². The Morgan fingerprint density at radius 1 is 1.47 bits per heavy atom. The van der Waals surface area contributed by atoms with Crippen LogP contribution in [0.15, 0.2) is 24.3 Å². The van der Waals surface area contributed by atoms with Crippen molar-refractivity contribution < 1.29 is 14.6 Å². The first-order chi connectivity index (χ1) is 7.90. The van der Waals surface area contributed by atoms with Gasteiger partial charge in [0, 0.05) is 6.04 Å². The normalized spacial score (nSPS) is 14.4. The van der Waals surface area contributed by atoms with E-state index in [9.17, 15) is 9.90 Å². The van der Waals surface area contributed by atoms with E-state index in [0.717, 1.165) is 0 Å². The maximum Gasteiger partial charge on any atom is 0.328 e. The topological polar surface area (TPSA) is 58.6 Å². The molecular weight excluding hydrogens is 218 g/mol. The average Bonchev–Trinajstić information content (AvgIpc) is 2.28. The van der Waals surface area contributed by atoms with Gasteiger partial charge in [0.15, 0.2) is 0 Å². The van der Waals surface area contributed by atoms with Gasteiger partial charge in [0.05, 0.1) is 7.11 Å². The molecule has 17 heavy (non-hydrogen) atoms. The fraction of sp³-hybridized carbons (Fsp3) is 0.462. The van der Waals surface area contributed by atoms with Gasteiger partial charge in [-0.05, 0) is 38.5 Å². The van der Waals surface area contributed by atoms with E-state index in [1.165, 1.54) is 0 Å². The summed E-state index contributed by atoms with van der Waals surface area (Å²) >= 11 is 0. The van der Waals surface area contributed by atoms with Gasteiger partial charge in [-0.3, -0.25) is 5.32 Å². The molecule has 0 spiro atoms. The molecule has 0 fully saturated rings. The number of benzene rings is 1. The van der Waals surface area contributed by atoms with E-state index in [2.05, 4.69) is 5.32 Å². The molecule has 0 saturated heterocycles. The molecule has 1 rings (SSSR count). The predicted molar refractivity (Wildman–Crippen MR) is 66.3 cm³/mol. The number of hydrogen-bond acceptors (Lipinski definition) is 3. The van der Waals surface area contributed by atoms with Crippen LogP contribution in [-0.4, -0.2) is 24.2 Å². The van der Waals surface area contributed by atoms with Crippen LogP contribution >= 0.6 is 0 Å². The third-order valence-corrected chi connectivity index (χ3v) is 2.65. The van der Waals surface area contributed by atoms with E-state index in [4.69, 9.17) is 4.74 Å². The van der Waals surface area contributed by atoms with Crippen LogP contribution in [0.5, 0.6) is 5.75 Å². The first kappa shape index (κ1) is 13.5. The zero-order chi connectivity index (χ0) is 13.1. The second-order valence-electron chi connectivity index (χ2n) is 4.46. The van der Waals surface area contributed by atoms with Gasteiger partial charge in [0.2, 0.25) is 0 Å². The predicted octanol–water partition coefficient (Wildman–Crippen LogP) is 1.99. The number of ether oxygens (including phenoxy) is 1. The SMILES string of the molecule is COc1cccc(C(C)(NC(C)C)C(=O)O)c1. The van der Waals surface area contributed by atoms with Crippen molar-refractivity contribution in [1.82, 2.24) is 5.32 Å². The molecule has 0 saturated carbocycles. The highest BCUT2D eigenvalue weighted by molar-refractivity contribution is 5.80. The monoisotopic (exact) mass is 237 g/mol. The second-order valence-corrected chi connectivity index (χ2v) is 4.46. The number of nitrogens with one attached hydrogen (secondary N) is 1. The molecule has 1 atom stereocenters. The maximum atomic E-state index is 11.5. The molecule has 4 heteroatoms. The molecule has 0 radical (unpaired) electrons. The molecule has 4 nitrogen and oxygen atoms in total. The molecule has 1 unspecified atom stereocenters. The summed E-state index contributed by atoms with van der Waals surface area (Å²) < 4.78 is 5.11. The van der Waals surface area contributed by atoms with Gasteiger partial charge < -0.3 is 9.84 Å². The molecule has 0 aliphatic carbocycles. The molecule has 0 heterocycles. The lowest BCUT2D eigenvalue weighted by Crippen LogP contribution is -2.49. The molecule has 0 aliphatic rings. The lowest BCUT2D eigenvalue weighted by Gasteiger charge is -2.29. The Morgan fingerprint density at radius 2 is 2.12 bits per heavy atom. The summed E-state index contributed by atoms with van der Waals surface area (Å²) in [5.74, 6) is -0.250. The fourth-order valence-electron chi connectivity index (χ4n) is 1.78. The van der Waals surface area contributed by atoms with Crippen molar-refractivity contribution in [3.05, 3.63) is 29.8 Å². The molecule has 1 aromatic rings. The fourth-order valence-corrected chi connectivity index (χ4v) is 1.78. The largest absolute Gasteiger partial charge is 0.497 e. The van der Waals surface area contributed by atoms with E-state index in [1.54, 1.807) is 38.3 Å². The average molecular weight is 237 g/mol. The summed E-state index contributed by atoms with van der Waals surface area (Å²) in [6, 6.07) is 7.18. The first-order valence-corrected chi connectivity index (χ1v) is 5.55. The summed E-state index contributed by atoms with van der Waals surface area (Å²) in [6.07, 6.45) is 0. The molecular formula is C13H19NO3. The zero-order valence-corrected chi connectivity index (χ0v) is 10.7. The number of methoxy groups -OCH3 is 1. The number of aliphatic carboxylic acids is 1. The van der Waals surface area contributed by atoms with Crippen LogP contribution in [0.4, 0.5) is 0 Å². The third kappa shape index (κ3) is 2.97. The van der Waals surface area contributed by atoms with Gasteiger partial charge in [-0.1, -0.05) is 12.1 Å². The Kier molecular flexibility index (Phi) is 4.12. The number of hydrogen-bond donors (Lipinski definition) is 2. The minimum Gasteiger partial charge on any atom is -0.497 e. The molecule has 0 bridgehead atoms. The molecule has 2 N–H and O–H groups in total. The van der Waals surface area contributed by atoms with Crippen molar-refractivity contribution in [3.8, 4) is 5.75 Å². The van der Waals surface area contributed by atoms with Crippen LogP contribution in [0.3, 0.4) is 0 Å². The Hall–Kier alpha value is -1.55. The molecule has 94 valence electrons. The van der Waals surface area contributed by atoms with Crippen molar-refractivity contribution in [2.45, 2.75) is 32.4 Å². The van der Waals surface area contributed by atoms with Gasteiger partial charge in [0.1, 0.15) is 11.3 Å². The van der Waals surface area contributed by atoms with Crippen LogP contribution in [0, 0.1) is 0 Å². The Morgan fingerprint density at radius 3 is 2.59 bits per heavy atom. The standard InChI is InChI=1S/C13H19NO3/c1-9(2)14-13(3,12(15)16)10-6-5-7-11(8-10)17-4/h5-9,14H,1-4H3,(H,15,16). The van der Waals surface area contributed by atoms with Crippen molar-refractivity contribution in [1.29, 1.82) is 0 Å².